The normalized spacial score (nSPS) is 9.81. The van der Waals surface area contributed by atoms with Crippen LogP contribution in [0.3, 0.4) is 0 Å². The molecule has 2 aromatic rings. The summed E-state index contributed by atoms with van der Waals surface area (Å²) < 4.78 is 10.4. The van der Waals surface area contributed by atoms with Gasteiger partial charge in [0.2, 0.25) is 0 Å². The van der Waals surface area contributed by atoms with Gasteiger partial charge >= 0.3 is 6.03 Å². The van der Waals surface area contributed by atoms with Gasteiger partial charge in [0.1, 0.15) is 11.5 Å². The molecular formula is C16H18N2O3. The quantitative estimate of drug-likeness (QED) is 0.888. The third-order valence-corrected chi connectivity index (χ3v) is 2.99. The van der Waals surface area contributed by atoms with Crippen LogP contribution >= 0.6 is 0 Å². The van der Waals surface area contributed by atoms with Crippen LogP contribution in [0.25, 0.3) is 0 Å². The van der Waals surface area contributed by atoms with Crippen molar-refractivity contribution in [1.29, 1.82) is 0 Å². The van der Waals surface area contributed by atoms with Crippen molar-refractivity contribution in [2.45, 2.75) is 6.54 Å². The van der Waals surface area contributed by atoms with Crippen molar-refractivity contribution in [1.82, 2.24) is 5.32 Å². The number of anilines is 1. The van der Waals surface area contributed by atoms with Gasteiger partial charge in [0.05, 0.1) is 19.9 Å². The Labute approximate surface area is 123 Å². The molecule has 0 bridgehead atoms. The van der Waals surface area contributed by atoms with Crippen molar-refractivity contribution in [3.05, 3.63) is 54.1 Å². The average Bonchev–Trinajstić information content (AvgIpc) is 2.53. The predicted octanol–water partition coefficient (Wildman–Crippen LogP) is 3.03. The van der Waals surface area contributed by atoms with E-state index in [2.05, 4.69) is 10.6 Å². The number of hydrogen-bond donors (Lipinski definition) is 2. The molecule has 0 unspecified atom stereocenters. The Hall–Kier alpha value is -2.69. The van der Waals surface area contributed by atoms with Crippen molar-refractivity contribution in [3.63, 3.8) is 0 Å². The van der Waals surface area contributed by atoms with E-state index in [9.17, 15) is 4.79 Å². The van der Waals surface area contributed by atoms with Crippen LogP contribution in [-0.4, -0.2) is 20.3 Å². The summed E-state index contributed by atoms with van der Waals surface area (Å²) in [5.41, 5.74) is 1.53. The number of ether oxygens (including phenoxy) is 2. The number of nitrogens with one attached hydrogen (secondary N) is 2. The topological polar surface area (TPSA) is 59.6 Å². The van der Waals surface area contributed by atoms with Gasteiger partial charge in [-0.3, -0.25) is 0 Å². The third-order valence-electron chi connectivity index (χ3n) is 2.99. The molecule has 0 fully saturated rings. The highest BCUT2D eigenvalue weighted by molar-refractivity contribution is 5.90. The number of methoxy groups -OCH3 is 2. The van der Waals surface area contributed by atoms with Gasteiger partial charge in [0, 0.05) is 12.1 Å². The lowest BCUT2D eigenvalue weighted by Crippen LogP contribution is -2.28. The monoisotopic (exact) mass is 286 g/mol. The zero-order valence-corrected chi connectivity index (χ0v) is 12.1. The van der Waals surface area contributed by atoms with E-state index in [0.29, 0.717) is 18.0 Å². The summed E-state index contributed by atoms with van der Waals surface area (Å²) in [6, 6.07) is 14.5. The van der Waals surface area contributed by atoms with Crippen LogP contribution < -0.4 is 20.1 Å². The number of rotatable bonds is 5. The Bertz CT molecular complexity index is 614. The second kappa shape index (κ2) is 7.19. The fourth-order valence-corrected chi connectivity index (χ4v) is 1.94. The molecule has 0 saturated carbocycles. The van der Waals surface area contributed by atoms with E-state index in [1.807, 2.05) is 36.4 Å². The highest BCUT2D eigenvalue weighted by Gasteiger charge is 2.07. The summed E-state index contributed by atoms with van der Waals surface area (Å²) in [5, 5.41) is 5.54. The Morgan fingerprint density at radius 1 is 0.952 bits per heavy atom. The highest BCUT2D eigenvalue weighted by atomic mass is 16.5. The van der Waals surface area contributed by atoms with E-state index in [4.69, 9.17) is 9.47 Å². The maximum absolute atomic E-state index is 11.9. The molecule has 2 rings (SSSR count). The maximum atomic E-state index is 11.9. The zero-order valence-electron chi connectivity index (χ0n) is 12.1. The smallest absolute Gasteiger partial charge is 0.319 e. The lowest BCUT2D eigenvalue weighted by atomic mass is 10.2. The maximum Gasteiger partial charge on any atom is 0.319 e. The molecule has 2 N–H and O–H groups in total. The van der Waals surface area contributed by atoms with E-state index in [1.165, 1.54) is 0 Å². The second-order valence-corrected chi connectivity index (χ2v) is 4.32. The number of hydrogen-bond acceptors (Lipinski definition) is 3. The Kier molecular flexibility index (Phi) is 5.04. The number of benzene rings is 2. The fourth-order valence-electron chi connectivity index (χ4n) is 1.94. The van der Waals surface area contributed by atoms with Crippen LogP contribution in [0.5, 0.6) is 11.5 Å². The summed E-state index contributed by atoms with van der Waals surface area (Å²) in [5.74, 6) is 1.36. The van der Waals surface area contributed by atoms with Gasteiger partial charge in [-0.25, -0.2) is 4.79 Å². The van der Waals surface area contributed by atoms with Crippen molar-refractivity contribution in [2.75, 3.05) is 19.5 Å². The van der Waals surface area contributed by atoms with E-state index in [1.54, 1.807) is 26.4 Å². The molecule has 0 heterocycles. The summed E-state index contributed by atoms with van der Waals surface area (Å²) in [6.07, 6.45) is 0. The van der Waals surface area contributed by atoms with Crippen molar-refractivity contribution in [3.8, 4) is 11.5 Å². The zero-order chi connectivity index (χ0) is 15.1. The summed E-state index contributed by atoms with van der Waals surface area (Å²) >= 11 is 0. The van der Waals surface area contributed by atoms with Gasteiger partial charge < -0.3 is 20.1 Å². The molecule has 0 aromatic heterocycles. The van der Waals surface area contributed by atoms with Gasteiger partial charge in [-0.2, -0.15) is 0 Å². The standard InChI is InChI=1S/C16H18N2O3/c1-20-14-9-5-3-7-12(14)11-17-16(19)18-13-8-4-6-10-15(13)21-2/h3-10H,11H2,1-2H3,(H2,17,18,19). The average molecular weight is 286 g/mol. The number of carbonyl (C=O) groups is 1. The third kappa shape index (κ3) is 3.89. The molecule has 110 valence electrons. The molecular weight excluding hydrogens is 268 g/mol. The highest BCUT2D eigenvalue weighted by Crippen LogP contribution is 2.23. The van der Waals surface area contributed by atoms with E-state index >= 15 is 0 Å². The SMILES string of the molecule is COc1ccccc1CNC(=O)Nc1ccccc1OC. The summed E-state index contributed by atoms with van der Waals surface area (Å²) in [4.78, 5) is 11.9. The molecule has 0 spiro atoms. The first kappa shape index (κ1) is 14.7. The Morgan fingerprint density at radius 3 is 2.29 bits per heavy atom. The molecule has 5 nitrogen and oxygen atoms in total. The van der Waals surface area contributed by atoms with Crippen LogP contribution in [0, 0.1) is 0 Å². The van der Waals surface area contributed by atoms with Crippen molar-refractivity contribution in [2.24, 2.45) is 0 Å². The van der Waals surface area contributed by atoms with E-state index < -0.39 is 0 Å². The molecule has 5 heteroatoms. The molecule has 0 aliphatic rings. The first-order valence-corrected chi connectivity index (χ1v) is 6.54. The number of para-hydroxylation sites is 3. The fraction of sp³-hybridized carbons (Fsp3) is 0.188. The van der Waals surface area contributed by atoms with E-state index in [0.717, 1.165) is 11.3 Å². The first-order chi connectivity index (χ1) is 10.2. The summed E-state index contributed by atoms with van der Waals surface area (Å²) in [7, 11) is 3.17. The van der Waals surface area contributed by atoms with Crippen LogP contribution in [0.1, 0.15) is 5.56 Å². The van der Waals surface area contributed by atoms with E-state index in [-0.39, 0.29) is 6.03 Å². The summed E-state index contributed by atoms with van der Waals surface area (Å²) in [6.45, 7) is 0.380. The van der Waals surface area contributed by atoms with Gasteiger partial charge in [-0.1, -0.05) is 30.3 Å². The minimum atomic E-state index is -0.301. The Balaban J connectivity index is 1.96. The second-order valence-electron chi connectivity index (χ2n) is 4.32. The van der Waals surface area contributed by atoms with Crippen LogP contribution in [-0.2, 0) is 6.54 Å². The molecule has 0 aliphatic heterocycles. The molecule has 0 saturated heterocycles. The lowest BCUT2D eigenvalue weighted by Gasteiger charge is -2.12. The number of urea groups is 1. The van der Waals surface area contributed by atoms with Gasteiger partial charge in [-0.15, -0.1) is 0 Å². The predicted molar refractivity (Wildman–Crippen MR) is 81.8 cm³/mol. The van der Waals surface area contributed by atoms with Gasteiger partial charge in [0.25, 0.3) is 0 Å². The molecule has 2 amide bonds. The number of amides is 2. The van der Waals surface area contributed by atoms with Gasteiger partial charge in [-0.05, 0) is 18.2 Å². The van der Waals surface area contributed by atoms with Crippen LogP contribution in [0.15, 0.2) is 48.5 Å². The van der Waals surface area contributed by atoms with Crippen molar-refractivity contribution < 1.29 is 14.3 Å². The van der Waals surface area contributed by atoms with Crippen LogP contribution in [0.4, 0.5) is 10.5 Å². The number of carbonyl (C=O) groups excluding carboxylic acids is 1. The molecule has 21 heavy (non-hydrogen) atoms. The van der Waals surface area contributed by atoms with Crippen LogP contribution in [0.2, 0.25) is 0 Å². The minimum absolute atomic E-state index is 0.301. The molecule has 0 aliphatic carbocycles. The lowest BCUT2D eigenvalue weighted by molar-refractivity contribution is 0.251. The molecule has 0 atom stereocenters. The largest absolute Gasteiger partial charge is 0.496 e. The van der Waals surface area contributed by atoms with Crippen molar-refractivity contribution >= 4 is 11.7 Å². The first-order valence-electron chi connectivity index (χ1n) is 6.54. The van der Waals surface area contributed by atoms with Gasteiger partial charge in [0.15, 0.2) is 0 Å². The molecule has 0 radical (unpaired) electrons. The molecule has 2 aromatic carbocycles. The minimum Gasteiger partial charge on any atom is -0.496 e. The Morgan fingerprint density at radius 2 is 1.57 bits per heavy atom.